The van der Waals surface area contributed by atoms with Gasteiger partial charge in [-0.05, 0) is 81.7 Å². The Morgan fingerprint density at radius 1 is 0.643 bits per heavy atom. The van der Waals surface area contributed by atoms with Gasteiger partial charge >= 0.3 is 5.97 Å². The maximum absolute atomic E-state index is 12.8. The summed E-state index contributed by atoms with van der Waals surface area (Å²) in [7, 11) is 0. The number of halogens is 3. The molecule has 140 valence electrons. The summed E-state index contributed by atoms with van der Waals surface area (Å²) in [5.74, 6) is -1.58. The Balaban J connectivity index is 0.000000161. The van der Waals surface area contributed by atoms with E-state index in [1.807, 2.05) is 0 Å². The SMILES string of the molecule is O=C(Cl)c1ccc2cc(F)ccc2c1.O=C(O)c1ccc2cc(F)ccc2c1. The number of carboxylic acids is 1. The van der Waals surface area contributed by atoms with E-state index in [2.05, 4.69) is 0 Å². The summed E-state index contributed by atoms with van der Waals surface area (Å²) in [6, 6.07) is 18.1. The fraction of sp³-hybridized carbons (Fsp3) is 0. The lowest BCUT2D eigenvalue weighted by Crippen LogP contribution is -1.95. The Labute approximate surface area is 163 Å². The van der Waals surface area contributed by atoms with Crippen LogP contribution in [0.3, 0.4) is 0 Å². The molecule has 0 fully saturated rings. The first-order chi connectivity index (χ1) is 13.3. The molecule has 0 amide bonds. The Morgan fingerprint density at radius 2 is 1.04 bits per heavy atom. The van der Waals surface area contributed by atoms with Gasteiger partial charge in [-0.1, -0.05) is 24.3 Å². The molecule has 6 heteroatoms. The van der Waals surface area contributed by atoms with Crippen LogP contribution in [-0.2, 0) is 0 Å². The van der Waals surface area contributed by atoms with Gasteiger partial charge < -0.3 is 5.11 Å². The lowest BCUT2D eigenvalue weighted by molar-refractivity contribution is 0.0697. The van der Waals surface area contributed by atoms with Gasteiger partial charge in [0.05, 0.1) is 5.56 Å². The fourth-order valence-corrected chi connectivity index (χ4v) is 2.81. The molecular formula is C22H13ClF2O3. The number of carboxylic acid groups (broad SMARTS) is 1. The van der Waals surface area contributed by atoms with Crippen LogP contribution < -0.4 is 0 Å². The molecule has 28 heavy (non-hydrogen) atoms. The zero-order chi connectivity index (χ0) is 20.3. The van der Waals surface area contributed by atoms with Crippen molar-refractivity contribution in [1.82, 2.24) is 0 Å². The average molecular weight is 399 g/mol. The van der Waals surface area contributed by atoms with E-state index in [-0.39, 0.29) is 17.2 Å². The first-order valence-corrected chi connectivity index (χ1v) is 8.53. The zero-order valence-corrected chi connectivity index (χ0v) is 15.1. The lowest BCUT2D eigenvalue weighted by Gasteiger charge is -1.99. The molecule has 1 N–H and O–H groups in total. The number of carbonyl (C=O) groups excluding carboxylic acids is 1. The van der Waals surface area contributed by atoms with E-state index in [0.29, 0.717) is 10.9 Å². The predicted octanol–water partition coefficient (Wildman–Crippen LogP) is 6.04. The van der Waals surface area contributed by atoms with Gasteiger partial charge in [-0.15, -0.1) is 0 Å². The fourth-order valence-electron chi connectivity index (χ4n) is 2.69. The summed E-state index contributed by atoms with van der Waals surface area (Å²) >= 11 is 5.32. The maximum atomic E-state index is 12.8. The summed E-state index contributed by atoms with van der Waals surface area (Å²) in [6.07, 6.45) is 0. The molecule has 0 bridgehead atoms. The van der Waals surface area contributed by atoms with Crippen molar-refractivity contribution in [3.63, 3.8) is 0 Å². The molecule has 0 aliphatic carbocycles. The predicted molar refractivity (Wildman–Crippen MR) is 105 cm³/mol. The quantitative estimate of drug-likeness (QED) is 0.419. The summed E-state index contributed by atoms with van der Waals surface area (Å²) in [5, 5.41) is 11.2. The summed E-state index contributed by atoms with van der Waals surface area (Å²) < 4.78 is 25.6. The highest BCUT2D eigenvalue weighted by Crippen LogP contribution is 2.19. The van der Waals surface area contributed by atoms with Crippen LogP contribution in [0.2, 0.25) is 0 Å². The molecule has 0 spiro atoms. The van der Waals surface area contributed by atoms with Crippen LogP contribution in [0.1, 0.15) is 20.7 Å². The highest BCUT2D eigenvalue weighted by molar-refractivity contribution is 6.67. The summed E-state index contributed by atoms with van der Waals surface area (Å²) in [4.78, 5) is 21.5. The maximum Gasteiger partial charge on any atom is 0.335 e. The van der Waals surface area contributed by atoms with Crippen molar-refractivity contribution in [2.45, 2.75) is 0 Å². The molecule has 0 atom stereocenters. The second-order valence-corrected chi connectivity index (χ2v) is 6.33. The second-order valence-electron chi connectivity index (χ2n) is 5.99. The van der Waals surface area contributed by atoms with E-state index in [4.69, 9.17) is 16.7 Å². The smallest absolute Gasteiger partial charge is 0.335 e. The average Bonchev–Trinajstić information content (AvgIpc) is 2.67. The van der Waals surface area contributed by atoms with Crippen LogP contribution in [-0.4, -0.2) is 16.3 Å². The van der Waals surface area contributed by atoms with E-state index in [0.717, 1.165) is 16.2 Å². The van der Waals surface area contributed by atoms with Gasteiger partial charge in [0.25, 0.3) is 5.24 Å². The van der Waals surface area contributed by atoms with Crippen molar-refractivity contribution >= 4 is 44.4 Å². The minimum absolute atomic E-state index is 0.212. The van der Waals surface area contributed by atoms with Crippen molar-refractivity contribution in [1.29, 1.82) is 0 Å². The van der Waals surface area contributed by atoms with E-state index >= 15 is 0 Å². The number of fused-ring (bicyclic) bond motifs is 2. The molecule has 0 radical (unpaired) electrons. The molecule has 0 aromatic heterocycles. The number of carbonyl (C=O) groups is 2. The molecule has 0 heterocycles. The Kier molecular flexibility index (Phi) is 5.66. The molecule has 0 aliphatic heterocycles. The van der Waals surface area contributed by atoms with E-state index in [1.54, 1.807) is 36.4 Å². The number of aromatic carboxylic acids is 1. The van der Waals surface area contributed by atoms with Gasteiger partial charge in [-0.3, -0.25) is 4.79 Å². The number of rotatable bonds is 2. The van der Waals surface area contributed by atoms with Crippen LogP contribution in [0.5, 0.6) is 0 Å². The molecular weight excluding hydrogens is 386 g/mol. The van der Waals surface area contributed by atoms with E-state index in [1.165, 1.54) is 36.4 Å². The van der Waals surface area contributed by atoms with Crippen LogP contribution in [0.15, 0.2) is 72.8 Å². The number of benzene rings is 4. The third kappa shape index (κ3) is 4.50. The topological polar surface area (TPSA) is 54.4 Å². The Morgan fingerprint density at radius 3 is 1.50 bits per heavy atom. The standard InChI is InChI=1S/C11H6ClFO.C11H7FO2/c12-11(14)9-2-1-8-6-10(13)4-3-7(8)5-9;12-10-4-3-7-5-9(11(13)14)2-1-8(7)6-10/h1-6H;1-6H,(H,13,14). The van der Waals surface area contributed by atoms with Crippen LogP contribution in [0.25, 0.3) is 21.5 Å². The lowest BCUT2D eigenvalue weighted by atomic mass is 10.1. The van der Waals surface area contributed by atoms with Gasteiger partial charge in [0.2, 0.25) is 0 Å². The van der Waals surface area contributed by atoms with Crippen molar-refractivity contribution in [3.8, 4) is 0 Å². The van der Waals surface area contributed by atoms with Gasteiger partial charge in [0.1, 0.15) is 11.6 Å². The highest BCUT2D eigenvalue weighted by atomic mass is 35.5. The third-order valence-electron chi connectivity index (χ3n) is 4.08. The highest BCUT2D eigenvalue weighted by Gasteiger charge is 2.04. The normalized spacial score (nSPS) is 10.4. The van der Waals surface area contributed by atoms with Gasteiger partial charge in [0.15, 0.2) is 0 Å². The monoisotopic (exact) mass is 398 g/mol. The Hall–Kier alpha value is -3.31. The van der Waals surface area contributed by atoms with Crippen molar-refractivity contribution < 1.29 is 23.5 Å². The molecule has 4 aromatic rings. The first-order valence-electron chi connectivity index (χ1n) is 8.15. The summed E-state index contributed by atoms with van der Waals surface area (Å²) in [6.45, 7) is 0. The minimum Gasteiger partial charge on any atom is -0.478 e. The van der Waals surface area contributed by atoms with Gasteiger partial charge in [0, 0.05) is 5.56 Å². The Bertz CT molecular complexity index is 1110. The molecule has 4 rings (SSSR count). The van der Waals surface area contributed by atoms with Crippen molar-refractivity contribution in [3.05, 3.63) is 95.6 Å². The van der Waals surface area contributed by atoms with Crippen LogP contribution >= 0.6 is 11.6 Å². The first kappa shape index (κ1) is 19.5. The third-order valence-corrected chi connectivity index (χ3v) is 4.30. The molecule has 0 aliphatic rings. The van der Waals surface area contributed by atoms with Crippen LogP contribution in [0.4, 0.5) is 8.78 Å². The number of hydrogen-bond donors (Lipinski definition) is 1. The second kappa shape index (κ2) is 8.15. The zero-order valence-electron chi connectivity index (χ0n) is 14.3. The van der Waals surface area contributed by atoms with Gasteiger partial charge in [-0.2, -0.15) is 0 Å². The largest absolute Gasteiger partial charge is 0.478 e. The van der Waals surface area contributed by atoms with Crippen molar-refractivity contribution in [2.24, 2.45) is 0 Å². The molecule has 0 saturated heterocycles. The number of hydrogen-bond acceptors (Lipinski definition) is 2. The van der Waals surface area contributed by atoms with Crippen LogP contribution in [0, 0.1) is 11.6 Å². The van der Waals surface area contributed by atoms with Gasteiger partial charge in [-0.25, -0.2) is 13.6 Å². The molecule has 0 unspecified atom stereocenters. The van der Waals surface area contributed by atoms with E-state index < -0.39 is 11.2 Å². The summed E-state index contributed by atoms with van der Waals surface area (Å²) in [5.41, 5.74) is 0.634. The molecule has 3 nitrogen and oxygen atoms in total. The van der Waals surface area contributed by atoms with E-state index in [9.17, 15) is 18.4 Å². The van der Waals surface area contributed by atoms with Crippen molar-refractivity contribution in [2.75, 3.05) is 0 Å². The molecule has 4 aromatic carbocycles. The minimum atomic E-state index is -0.976. The molecule has 0 saturated carbocycles.